The van der Waals surface area contributed by atoms with Crippen molar-refractivity contribution >= 4 is 27.0 Å². The Balaban J connectivity index is 1.51. The molecule has 2 saturated heterocycles. The second-order valence-corrected chi connectivity index (χ2v) is 12.9. The molecule has 1 aromatic heterocycles. The second kappa shape index (κ2) is 12.3. The molecule has 0 aliphatic carbocycles. The number of nitrogens with zero attached hydrogens (tertiary/aromatic N) is 5. The van der Waals surface area contributed by atoms with Gasteiger partial charge in [0.05, 0.1) is 34.7 Å². The summed E-state index contributed by atoms with van der Waals surface area (Å²) in [5, 5.41) is 13.1. The van der Waals surface area contributed by atoms with Crippen molar-refractivity contribution < 1.29 is 17.9 Å². The molecule has 2 atom stereocenters. The number of nitrogens with one attached hydrogen (secondary N) is 1. The number of hydrogen-bond acceptors (Lipinski definition) is 8. The summed E-state index contributed by atoms with van der Waals surface area (Å²) >= 11 is 0. The van der Waals surface area contributed by atoms with Gasteiger partial charge in [0.15, 0.2) is 0 Å². The van der Waals surface area contributed by atoms with Crippen LogP contribution in [0.2, 0.25) is 0 Å². The first-order chi connectivity index (χ1) is 21.3. The number of methoxy groups -OCH3 is 1. The number of carbonyl (C=O) groups excluding carboxylic acids is 1. The molecular weight excluding hydrogens is 580 g/mol. The number of aromatic nitrogens is 2. The highest BCUT2D eigenvalue weighted by Crippen LogP contribution is 2.30. The molecule has 6 rings (SSSR count). The summed E-state index contributed by atoms with van der Waals surface area (Å²) in [5.74, 6) is 0.175. The molecule has 3 aromatic carbocycles. The van der Waals surface area contributed by atoms with Crippen molar-refractivity contribution in [2.75, 3.05) is 46.4 Å². The summed E-state index contributed by atoms with van der Waals surface area (Å²) in [6.07, 6.45) is 1.80. The highest BCUT2D eigenvalue weighted by Gasteiger charge is 2.37. The molecule has 0 bridgehead atoms. The normalized spacial score (nSPS) is 18.5. The van der Waals surface area contributed by atoms with Crippen LogP contribution < -0.4 is 15.7 Å². The summed E-state index contributed by atoms with van der Waals surface area (Å²) < 4.78 is 35.2. The van der Waals surface area contributed by atoms with E-state index < -0.39 is 21.8 Å². The van der Waals surface area contributed by atoms with E-state index in [4.69, 9.17) is 4.74 Å². The van der Waals surface area contributed by atoms with E-state index in [-0.39, 0.29) is 33.4 Å². The van der Waals surface area contributed by atoms with Crippen molar-refractivity contribution in [2.45, 2.75) is 29.8 Å². The van der Waals surface area contributed by atoms with Crippen LogP contribution in [0.4, 0.5) is 0 Å². The van der Waals surface area contributed by atoms with E-state index in [1.54, 1.807) is 29.2 Å². The zero-order valence-electron chi connectivity index (χ0n) is 24.4. The van der Waals surface area contributed by atoms with Crippen molar-refractivity contribution in [3.8, 4) is 11.8 Å². The number of piperidine rings is 1. The van der Waals surface area contributed by atoms with Crippen LogP contribution in [-0.2, 0) is 14.8 Å². The number of piperazine rings is 1. The van der Waals surface area contributed by atoms with Gasteiger partial charge in [0.25, 0.3) is 15.9 Å². The highest BCUT2D eigenvalue weighted by atomic mass is 32.2. The minimum atomic E-state index is -4.40. The van der Waals surface area contributed by atoms with Crippen molar-refractivity contribution in [3.63, 3.8) is 0 Å². The van der Waals surface area contributed by atoms with E-state index in [2.05, 4.69) is 16.3 Å². The van der Waals surface area contributed by atoms with Gasteiger partial charge in [-0.25, -0.2) is 13.2 Å². The third-order valence-electron chi connectivity index (χ3n) is 8.54. The van der Waals surface area contributed by atoms with Gasteiger partial charge in [0.1, 0.15) is 11.8 Å². The predicted octanol–water partition coefficient (Wildman–Crippen LogP) is 2.41. The fourth-order valence-corrected chi connectivity index (χ4v) is 7.70. The highest BCUT2D eigenvalue weighted by molar-refractivity contribution is 7.90. The van der Waals surface area contributed by atoms with Crippen LogP contribution in [0, 0.1) is 11.3 Å². The summed E-state index contributed by atoms with van der Waals surface area (Å²) in [6.45, 7) is 4.66. The van der Waals surface area contributed by atoms with Crippen molar-refractivity contribution in [1.29, 1.82) is 5.26 Å². The quantitative estimate of drug-likeness (QED) is 0.336. The van der Waals surface area contributed by atoms with Gasteiger partial charge in [0.2, 0.25) is 0 Å². The van der Waals surface area contributed by atoms with Crippen molar-refractivity contribution in [1.82, 2.24) is 23.7 Å². The lowest BCUT2D eigenvalue weighted by Crippen LogP contribution is -2.56. The van der Waals surface area contributed by atoms with Crippen LogP contribution >= 0.6 is 0 Å². The summed E-state index contributed by atoms with van der Waals surface area (Å²) in [5.41, 5.74) is 0.164. The zero-order chi connectivity index (χ0) is 30.8. The van der Waals surface area contributed by atoms with E-state index in [0.717, 1.165) is 43.0 Å². The Kier molecular flexibility index (Phi) is 8.27. The Labute approximate surface area is 255 Å². The predicted molar refractivity (Wildman–Crippen MR) is 165 cm³/mol. The average molecular weight is 615 g/mol. The Morgan fingerprint density at radius 3 is 2.41 bits per heavy atom. The first-order valence-corrected chi connectivity index (χ1v) is 16.1. The van der Waals surface area contributed by atoms with Crippen LogP contribution in [0.25, 0.3) is 11.0 Å². The van der Waals surface area contributed by atoms with E-state index in [1.807, 2.05) is 6.07 Å². The number of carbonyl (C=O) groups is 1. The van der Waals surface area contributed by atoms with Gasteiger partial charge in [-0.15, -0.1) is 0 Å². The molecule has 0 saturated carbocycles. The van der Waals surface area contributed by atoms with Crippen LogP contribution in [0.15, 0.2) is 82.5 Å². The Morgan fingerprint density at radius 2 is 1.73 bits per heavy atom. The maximum Gasteiger partial charge on any atom is 0.344 e. The Bertz CT molecular complexity index is 1870. The SMILES string of the molecule is COc1ccc(S(=O)(=O)n2c(=O)n(C(C(=O)N3CCC[C@@H](N4CCNCC4)C3)c3ccccc3)c3cc(C#N)ccc32)cc1. The molecule has 3 heterocycles. The number of hydrogen-bond donors (Lipinski definition) is 1. The van der Waals surface area contributed by atoms with Crippen LogP contribution in [-0.4, -0.2) is 85.1 Å². The van der Waals surface area contributed by atoms with Gasteiger partial charge < -0.3 is 15.0 Å². The van der Waals surface area contributed by atoms with E-state index in [0.29, 0.717) is 24.4 Å². The molecule has 2 aliphatic heterocycles. The monoisotopic (exact) mass is 614 g/mol. The number of amides is 1. The Hall–Kier alpha value is -4.44. The van der Waals surface area contributed by atoms with Crippen molar-refractivity contribution in [2.24, 2.45) is 0 Å². The maximum atomic E-state index is 14.6. The van der Waals surface area contributed by atoms with Gasteiger partial charge in [-0.3, -0.25) is 14.3 Å². The summed E-state index contributed by atoms with van der Waals surface area (Å²) in [6, 6.07) is 20.2. The standard InChI is InChI=1S/C32H34N6O5S/c1-43-26-10-12-27(13-11-26)44(41,42)38-28-14-9-23(21-33)20-29(28)37(32(38)40)30(24-6-3-2-4-7-24)31(39)36-17-5-8-25(22-36)35-18-15-34-16-19-35/h2-4,6-7,9-14,20,25,30,34H,5,8,15-19,22H2,1H3/t25-,30?/m1/s1. The van der Waals surface area contributed by atoms with Gasteiger partial charge in [0, 0.05) is 45.3 Å². The lowest BCUT2D eigenvalue weighted by molar-refractivity contribution is -0.135. The fourth-order valence-electron chi connectivity index (χ4n) is 6.31. The number of likely N-dealkylation sites (tertiary alicyclic amines) is 1. The molecule has 2 fully saturated rings. The minimum absolute atomic E-state index is 0.0795. The second-order valence-electron chi connectivity index (χ2n) is 11.1. The number of imidazole rings is 1. The molecule has 44 heavy (non-hydrogen) atoms. The molecule has 0 radical (unpaired) electrons. The lowest BCUT2D eigenvalue weighted by Gasteiger charge is -2.42. The average Bonchev–Trinajstić information content (AvgIpc) is 3.37. The smallest absolute Gasteiger partial charge is 0.344 e. The molecular formula is C32H34N6O5S. The Morgan fingerprint density at radius 1 is 1.00 bits per heavy atom. The largest absolute Gasteiger partial charge is 0.497 e. The molecule has 11 nitrogen and oxygen atoms in total. The molecule has 0 spiro atoms. The fraction of sp³-hybridized carbons (Fsp3) is 0.344. The number of nitriles is 1. The van der Waals surface area contributed by atoms with E-state index >= 15 is 0 Å². The molecule has 1 N–H and O–H groups in total. The van der Waals surface area contributed by atoms with E-state index in [1.165, 1.54) is 54.1 Å². The van der Waals surface area contributed by atoms with Crippen LogP contribution in [0.1, 0.15) is 30.0 Å². The summed E-state index contributed by atoms with van der Waals surface area (Å²) in [4.78, 5) is 33.1. The van der Waals surface area contributed by atoms with Crippen LogP contribution in [0.3, 0.4) is 0 Å². The molecule has 228 valence electrons. The topological polar surface area (TPSA) is 130 Å². The first kappa shape index (κ1) is 29.6. The molecule has 1 amide bonds. The number of fused-ring (bicyclic) bond motifs is 1. The molecule has 4 aromatic rings. The van der Waals surface area contributed by atoms with Crippen molar-refractivity contribution in [3.05, 3.63) is 94.4 Å². The summed E-state index contributed by atoms with van der Waals surface area (Å²) in [7, 11) is -2.93. The van der Waals surface area contributed by atoms with Gasteiger partial charge in [-0.2, -0.15) is 9.23 Å². The number of benzene rings is 3. The molecule has 2 aliphatic rings. The van der Waals surface area contributed by atoms with Gasteiger partial charge >= 0.3 is 5.69 Å². The lowest BCUT2D eigenvalue weighted by atomic mass is 9.99. The third kappa shape index (κ3) is 5.38. The first-order valence-electron chi connectivity index (χ1n) is 14.7. The molecule has 12 heteroatoms. The van der Waals surface area contributed by atoms with E-state index in [9.17, 15) is 23.3 Å². The minimum Gasteiger partial charge on any atom is -0.497 e. The molecule has 1 unspecified atom stereocenters. The van der Waals surface area contributed by atoms with Gasteiger partial charge in [-0.1, -0.05) is 30.3 Å². The zero-order valence-corrected chi connectivity index (χ0v) is 25.2. The maximum absolute atomic E-state index is 14.6. The third-order valence-corrected chi connectivity index (χ3v) is 10.2. The van der Waals surface area contributed by atoms with Gasteiger partial charge in [-0.05, 0) is 60.9 Å². The number of ether oxygens (including phenoxy) is 1. The number of rotatable bonds is 7. The van der Waals surface area contributed by atoms with Crippen LogP contribution in [0.5, 0.6) is 5.75 Å².